The number of benzene rings is 2. The standard InChI is InChI=1S/C23H29ClO4/c24-22-9-8-18(23-14-20(27)13-21(15-26)28-23)12-19(22)11-17-6-4-16(5-7-17)3-1-2-10-25/h4-9,12,20-21,23,25-27H,1-3,10-11,13-15H2/t20-,21-,23+/m0/s1. The zero-order chi connectivity index (χ0) is 19.9. The Morgan fingerprint density at radius 1 is 0.964 bits per heavy atom. The van der Waals surface area contributed by atoms with Gasteiger partial charge in [-0.1, -0.05) is 48.0 Å². The topological polar surface area (TPSA) is 69.9 Å². The molecule has 0 amide bonds. The highest BCUT2D eigenvalue weighted by atomic mass is 35.5. The van der Waals surface area contributed by atoms with Crippen LogP contribution in [0.3, 0.4) is 0 Å². The van der Waals surface area contributed by atoms with E-state index in [4.69, 9.17) is 21.4 Å². The Kier molecular flexibility index (Phi) is 7.89. The van der Waals surface area contributed by atoms with Gasteiger partial charge < -0.3 is 20.1 Å². The van der Waals surface area contributed by atoms with Gasteiger partial charge in [0, 0.05) is 24.5 Å². The van der Waals surface area contributed by atoms with Crippen molar-refractivity contribution in [2.75, 3.05) is 13.2 Å². The molecule has 0 spiro atoms. The lowest BCUT2D eigenvalue weighted by molar-refractivity contribution is -0.113. The van der Waals surface area contributed by atoms with E-state index < -0.39 is 6.10 Å². The van der Waals surface area contributed by atoms with Crippen molar-refractivity contribution in [1.29, 1.82) is 0 Å². The summed E-state index contributed by atoms with van der Waals surface area (Å²) in [5.41, 5.74) is 4.47. The van der Waals surface area contributed by atoms with E-state index >= 15 is 0 Å². The van der Waals surface area contributed by atoms with Gasteiger partial charge in [0.15, 0.2) is 0 Å². The van der Waals surface area contributed by atoms with E-state index in [1.807, 2.05) is 12.1 Å². The summed E-state index contributed by atoms with van der Waals surface area (Å²) in [6.07, 6.45) is 3.50. The molecule has 3 N–H and O–H groups in total. The second-order valence-electron chi connectivity index (χ2n) is 7.58. The highest BCUT2D eigenvalue weighted by molar-refractivity contribution is 6.31. The number of aliphatic hydroxyl groups excluding tert-OH is 3. The predicted molar refractivity (Wildman–Crippen MR) is 111 cm³/mol. The molecule has 0 aliphatic carbocycles. The van der Waals surface area contributed by atoms with Crippen LogP contribution in [0.4, 0.5) is 0 Å². The first-order chi connectivity index (χ1) is 13.6. The summed E-state index contributed by atoms with van der Waals surface area (Å²) in [5.74, 6) is 0. The van der Waals surface area contributed by atoms with Crippen LogP contribution in [-0.2, 0) is 17.6 Å². The van der Waals surface area contributed by atoms with Crippen LogP contribution in [0.5, 0.6) is 0 Å². The number of ether oxygens (including phenoxy) is 1. The Hall–Kier alpha value is -1.43. The zero-order valence-electron chi connectivity index (χ0n) is 16.1. The van der Waals surface area contributed by atoms with Crippen molar-refractivity contribution in [2.45, 2.75) is 56.8 Å². The van der Waals surface area contributed by atoms with E-state index in [0.29, 0.717) is 17.9 Å². The van der Waals surface area contributed by atoms with Crippen molar-refractivity contribution in [3.8, 4) is 0 Å². The maximum Gasteiger partial charge on any atom is 0.0854 e. The first kappa shape index (κ1) is 21.3. The summed E-state index contributed by atoms with van der Waals surface area (Å²) in [7, 11) is 0. The highest BCUT2D eigenvalue weighted by Crippen LogP contribution is 2.33. The van der Waals surface area contributed by atoms with Crippen molar-refractivity contribution < 1.29 is 20.1 Å². The third kappa shape index (κ3) is 5.79. The summed E-state index contributed by atoms with van der Waals surface area (Å²) < 4.78 is 5.93. The molecule has 3 rings (SSSR count). The van der Waals surface area contributed by atoms with Crippen LogP contribution >= 0.6 is 11.6 Å². The Morgan fingerprint density at radius 3 is 2.43 bits per heavy atom. The van der Waals surface area contributed by atoms with Crippen LogP contribution in [0.1, 0.15) is 54.0 Å². The van der Waals surface area contributed by atoms with Gasteiger partial charge in [0.05, 0.1) is 24.9 Å². The molecule has 1 aliphatic rings. The molecule has 0 aromatic heterocycles. The maximum absolute atomic E-state index is 10.1. The molecule has 1 heterocycles. The average molecular weight is 405 g/mol. The summed E-state index contributed by atoms with van der Waals surface area (Å²) in [5, 5.41) is 29.1. The van der Waals surface area contributed by atoms with Gasteiger partial charge in [-0.05, 0) is 54.0 Å². The molecule has 5 heteroatoms. The monoisotopic (exact) mass is 404 g/mol. The van der Waals surface area contributed by atoms with Gasteiger partial charge >= 0.3 is 0 Å². The lowest BCUT2D eigenvalue weighted by Crippen LogP contribution is -2.33. The van der Waals surface area contributed by atoms with E-state index in [2.05, 4.69) is 30.3 Å². The quantitative estimate of drug-likeness (QED) is 0.585. The van der Waals surface area contributed by atoms with Crippen LogP contribution in [0.25, 0.3) is 0 Å². The van der Waals surface area contributed by atoms with Crippen molar-refractivity contribution in [3.63, 3.8) is 0 Å². The molecule has 2 aromatic rings. The van der Waals surface area contributed by atoms with Gasteiger partial charge in [-0.2, -0.15) is 0 Å². The van der Waals surface area contributed by atoms with Gasteiger partial charge in [0.25, 0.3) is 0 Å². The molecule has 1 saturated heterocycles. The minimum atomic E-state index is -0.464. The maximum atomic E-state index is 10.1. The fourth-order valence-corrected chi connectivity index (χ4v) is 3.92. The number of rotatable bonds is 8. The van der Waals surface area contributed by atoms with Crippen LogP contribution < -0.4 is 0 Å². The number of aliphatic hydroxyl groups is 3. The summed E-state index contributed by atoms with van der Waals surface area (Å²) >= 11 is 6.43. The van der Waals surface area contributed by atoms with Crippen molar-refractivity contribution in [3.05, 3.63) is 69.7 Å². The summed E-state index contributed by atoms with van der Waals surface area (Å²) in [6, 6.07) is 14.4. The molecule has 1 fully saturated rings. The number of hydrogen-bond acceptors (Lipinski definition) is 4. The Bertz CT molecular complexity index is 747. The molecule has 28 heavy (non-hydrogen) atoms. The van der Waals surface area contributed by atoms with E-state index in [9.17, 15) is 10.2 Å². The van der Waals surface area contributed by atoms with Crippen LogP contribution in [0.15, 0.2) is 42.5 Å². The predicted octanol–water partition coefficient (Wildman–Crippen LogP) is 3.82. The molecule has 3 atom stereocenters. The second kappa shape index (κ2) is 10.4. The molecule has 4 nitrogen and oxygen atoms in total. The summed E-state index contributed by atoms with van der Waals surface area (Å²) in [4.78, 5) is 0. The zero-order valence-corrected chi connectivity index (χ0v) is 16.8. The average Bonchev–Trinajstić information content (AvgIpc) is 2.70. The molecular weight excluding hydrogens is 376 g/mol. The molecule has 0 saturated carbocycles. The Morgan fingerprint density at radius 2 is 1.71 bits per heavy atom. The lowest BCUT2D eigenvalue weighted by Gasteiger charge is -2.32. The molecule has 0 bridgehead atoms. The minimum absolute atomic E-state index is 0.0847. The second-order valence-corrected chi connectivity index (χ2v) is 7.99. The molecule has 1 aliphatic heterocycles. The number of halogens is 1. The van der Waals surface area contributed by atoms with Crippen molar-refractivity contribution in [1.82, 2.24) is 0 Å². The van der Waals surface area contributed by atoms with Crippen LogP contribution in [0, 0.1) is 0 Å². The third-order valence-corrected chi connectivity index (χ3v) is 5.68. The molecule has 152 valence electrons. The fraction of sp³-hybridized carbons (Fsp3) is 0.478. The third-order valence-electron chi connectivity index (χ3n) is 5.31. The minimum Gasteiger partial charge on any atom is -0.396 e. The van der Waals surface area contributed by atoms with E-state index in [1.165, 1.54) is 11.1 Å². The molecule has 0 unspecified atom stereocenters. The number of aryl methyl sites for hydroxylation is 1. The Balaban J connectivity index is 1.69. The molecule has 0 radical (unpaired) electrons. The number of hydrogen-bond donors (Lipinski definition) is 3. The van der Waals surface area contributed by atoms with Gasteiger partial charge in [-0.25, -0.2) is 0 Å². The molecular formula is C23H29ClO4. The van der Waals surface area contributed by atoms with Gasteiger partial charge in [-0.15, -0.1) is 0 Å². The fourth-order valence-electron chi connectivity index (χ4n) is 3.74. The van der Waals surface area contributed by atoms with Crippen molar-refractivity contribution >= 4 is 11.6 Å². The van der Waals surface area contributed by atoms with E-state index in [-0.39, 0.29) is 25.4 Å². The van der Waals surface area contributed by atoms with Crippen LogP contribution in [0.2, 0.25) is 5.02 Å². The highest BCUT2D eigenvalue weighted by Gasteiger charge is 2.29. The smallest absolute Gasteiger partial charge is 0.0854 e. The van der Waals surface area contributed by atoms with Gasteiger partial charge in [-0.3, -0.25) is 0 Å². The first-order valence-corrected chi connectivity index (χ1v) is 10.4. The van der Waals surface area contributed by atoms with Gasteiger partial charge in [0.1, 0.15) is 0 Å². The molecule has 2 aromatic carbocycles. The first-order valence-electron chi connectivity index (χ1n) is 10.0. The van der Waals surface area contributed by atoms with E-state index in [0.717, 1.165) is 36.8 Å². The Labute approximate surface area is 171 Å². The summed E-state index contributed by atoms with van der Waals surface area (Å²) in [6.45, 7) is 0.159. The normalized spacial score (nSPS) is 22.4. The SMILES string of the molecule is OCCCCc1ccc(Cc2cc([C@H]3C[C@@H](O)C[C@@H](CO)O3)ccc2Cl)cc1. The van der Waals surface area contributed by atoms with E-state index in [1.54, 1.807) is 0 Å². The largest absolute Gasteiger partial charge is 0.396 e. The number of unbranched alkanes of at least 4 members (excludes halogenated alkanes) is 1. The van der Waals surface area contributed by atoms with Crippen LogP contribution in [-0.4, -0.2) is 40.7 Å². The lowest BCUT2D eigenvalue weighted by atomic mass is 9.94. The van der Waals surface area contributed by atoms with Crippen molar-refractivity contribution in [2.24, 2.45) is 0 Å². The van der Waals surface area contributed by atoms with Gasteiger partial charge in [0.2, 0.25) is 0 Å².